The van der Waals surface area contributed by atoms with Gasteiger partial charge in [-0.15, -0.1) is 11.3 Å². The van der Waals surface area contributed by atoms with Crippen LogP contribution in [-0.4, -0.2) is 64.6 Å². The molecule has 3 aromatic heterocycles. The molecule has 0 unspecified atom stereocenters. The number of fused-ring (bicyclic) bond motifs is 1. The summed E-state index contributed by atoms with van der Waals surface area (Å²) in [5.41, 5.74) is 2.14. The lowest BCUT2D eigenvalue weighted by molar-refractivity contribution is 0.0360. The van der Waals surface area contributed by atoms with Crippen LogP contribution in [0, 0.1) is 5.82 Å². The van der Waals surface area contributed by atoms with Gasteiger partial charge in [-0.2, -0.15) is 5.10 Å². The lowest BCUT2D eigenvalue weighted by Gasteiger charge is -2.26. The van der Waals surface area contributed by atoms with Crippen LogP contribution >= 0.6 is 11.3 Å². The van der Waals surface area contributed by atoms with Gasteiger partial charge in [-0.05, 0) is 31.0 Å². The van der Waals surface area contributed by atoms with Gasteiger partial charge in [0.05, 0.1) is 36.2 Å². The average molecular weight is 523 g/mol. The van der Waals surface area contributed by atoms with Crippen LogP contribution in [0.1, 0.15) is 12.8 Å². The van der Waals surface area contributed by atoms with Crippen molar-refractivity contribution in [2.24, 2.45) is 0 Å². The number of hydrogen-bond donors (Lipinski definition) is 2. The van der Waals surface area contributed by atoms with Gasteiger partial charge in [0.2, 0.25) is 0 Å². The number of benzene rings is 1. The Hall–Kier alpha value is -3.54. The van der Waals surface area contributed by atoms with Crippen molar-refractivity contribution in [1.82, 2.24) is 25.0 Å². The van der Waals surface area contributed by atoms with Gasteiger partial charge in [-0.1, -0.05) is 0 Å². The molecule has 1 aromatic carbocycles. The fourth-order valence-electron chi connectivity index (χ4n) is 4.18. The van der Waals surface area contributed by atoms with Crippen LogP contribution in [0.2, 0.25) is 0 Å². The minimum atomic E-state index is -0.562. The van der Waals surface area contributed by atoms with Gasteiger partial charge in [-0.3, -0.25) is 14.6 Å². The SMILES string of the molecule is O=C(Nc1ccc(Oc2ccnc3cc(-c4cnn(CCN5CCOCC5)c4)sc23)c(F)c1)NC1CC1. The Morgan fingerprint density at radius 3 is 2.84 bits per heavy atom. The summed E-state index contributed by atoms with van der Waals surface area (Å²) in [5, 5.41) is 10.00. The minimum Gasteiger partial charge on any atom is -0.453 e. The zero-order valence-corrected chi connectivity index (χ0v) is 21.0. The number of rotatable bonds is 8. The Kier molecular flexibility index (Phi) is 6.73. The van der Waals surface area contributed by atoms with Crippen molar-refractivity contribution in [3.63, 3.8) is 0 Å². The molecule has 0 radical (unpaired) electrons. The number of aromatic nitrogens is 3. The van der Waals surface area contributed by atoms with Gasteiger partial charge in [0.15, 0.2) is 11.6 Å². The number of urea groups is 1. The average Bonchev–Trinajstić information content (AvgIpc) is 3.39. The Morgan fingerprint density at radius 1 is 1.16 bits per heavy atom. The number of hydrogen-bond acceptors (Lipinski definition) is 7. The van der Waals surface area contributed by atoms with Gasteiger partial charge in [-0.25, -0.2) is 9.18 Å². The summed E-state index contributed by atoms with van der Waals surface area (Å²) in [4.78, 5) is 19.8. The Bertz CT molecular complexity index is 1410. The predicted molar refractivity (Wildman–Crippen MR) is 140 cm³/mol. The second-order valence-electron chi connectivity index (χ2n) is 9.20. The van der Waals surface area contributed by atoms with E-state index in [4.69, 9.17) is 9.47 Å². The summed E-state index contributed by atoms with van der Waals surface area (Å²) in [6.45, 7) is 5.21. The van der Waals surface area contributed by atoms with E-state index >= 15 is 0 Å². The van der Waals surface area contributed by atoms with Crippen LogP contribution < -0.4 is 15.4 Å². The van der Waals surface area contributed by atoms with Crippen molar-refractivity contribution < 1.29 is 18.7 Å². The molecule has 4 aromatic rings. The maximum atomic E-state index is 14.8. The third-order valence-corrected chi connectivity index (χ3v) is 7.55. The minimum absolute atomic E-state index is 0.0755. The molecule has 4 heterocycles. The van der Waals surface area contributed by atoms with Gasteiger partial charge < -0.3 is 20.1 Å². The summed E-state index contributed by atoms with van der Waals surface area (Å²) >= 11 is 1.53. The molecule has 11 heteroatoms. The summed E-state index contributed by atoms with van der Waals surface area (Å²) in [6.07, 6.45) is 7.51. The molecule has 2 fully saturated rings. The van der Waals surface area contributed by atoms with E-state index in [0.29, 0.717) is 11.4 Å². The molecule has 2 N–H and O–H groups in total. The van der Waals surface area contributed by atoms with E-state index in [1.807, 2.05) is 23.1 Å². The van der Waals surface area contributed by atoms with E-state index in [9.17, 15) is 9.18 Å². The Morgan fingerprint density at radius 2 is 2.03 bits per heavy atom. The molecule has 1 saturated heterocycles. The van der Waals surface area contributed by atoms with Gasteiger partial charge in [0.1, 0.15) is 5.75 Å². The molecule has 1 aliphatic carbocycles. The first-order valence-electron chi connectivity index (χ1n) is 12.4. The number of amides is 2. The number of ether oxygens (including phenoxy) is 2. The number of anilines is 1. The molecule has 0 atom stereocenters. The molecule has 192 valence electrons. The number of halogens is 1. The van der Waals surface area contributed by atoms with E-state index in [2.05, 4.69) is 25.6 Å². The maximum absolute atomic E-state index is 14.8. The smallest absolute Gasteiger partial charge is 0.319 e. The second kappa shape index (κ2) is 10.4. The van der Waals surface area contributed by atoms with Crippen LogP contribution in [0.25, 0.3) is 20.7 Å². The first kappa shape index (κ1) is 23.8. The normalized spacial score (nSPS) is 16.1. The topological polar surface area (TPSA) is 93.5 Å². The van der Waals surface area contributed by atoms with Crippen molar-refractivity contribution in [1.29, 1.82) is 0 Å². The molecule has 0 spiro atoms. The lowest BCUT2D eigenvalue weighted by atomic mass is 10.2. The fraction of sp³-hybridized carbons (Fsp3) is 0.346. The number of thiophene rings is 1. The van der Waals surface area contributed by atoms with Crippen molar-refractivity contribution in [2.75, 3.05) is 38.2 Å². The molecule has 37 heavy (non-hydrogen) atoms. The summed E-state index contributed by atoms with van der Waals surface area (Å²) in [7, 11) is 0. The zero-order valence-electron chi connectivity index (χ0n) is 20.2. The van der Waals surface area contributed by atoms with E-state index in [-0.39, 0.29) is 17.8 Å². The third-order valence-electron chi connectivity index (χ3n) is 6.36. The monoisotopic (exact) mass is 522 g/mol. The highest BCUT2D eigenvalue weighted by molar-refractivity contribution is 7.22. The zero-order chi connectivity index (χ0) is 25.2. The van der Waals surface area contributed by atoms with Crippen molar-refractivity contribution >= 4 is 33.3 Å². The van der Waals surface area contributed by atoms with Gasteiger partial charge >= 0.3 is 6.03 Å². The van der Waals surface area contributed by atoms with Crippen molar-refractivity contribution in [3.8, 4) is 21.9 Å². The quantitative estimate of drug-likeness (QED) is 0.348. The first-order valence-corrected chi connectivity index (χ1v) is 13.2. The number of pyridine rings is 1. The number of carbonyl (C=O) groups excluding carboxylic acids is 1. The first-order chi connectivity index (χ1) is 18.1. The van der Waals surface area contributed by atoms with E-state index in [0.717, 1.165) is 72.9 Å². The van der Waals surface area contributed by atoms with Gasteiger partial charge in [0.25, 0.3) is 0 Å². The van der Waals surface area contributed by atoms with Crippen LogP contribution in [0.3, 0.4) is 0 Å². The van der Waals surface area contributed by atoms with Crippen molar-refractivity contribution in [3.05, 3.63) is 54.7 Å². The van der Waals surface area contributed by atoms with Crippen LogP contribution in [0.15, 0.2) is 48.9 Å². The highest BCUT2D eigenvalue weighted by Crippen LogP contribution is 2.39. The number of nitrogens with one attached hydrogen (secondary N) is 2. The molecule has 1 saturated carbocycles. The number of nitrogens with zero attached hydrogens (tertiary/aromatic N) is 4. The highest BCUT2D eigenvalue weighted by atomic mass is 32.1. The van der Waals surface area contributed by atoms with Crippen LogP contribution in [-0.2, 0) is 11.3 Å². The highest BCUT2D eigenvalue weighted by Gasteiger charge is 2.23. The molecular weight excluding hydrogens is 495 g/mol. The lowest BCUT2D eigenvalue weighted by Crippen LogP contribution is -2.38. The molecule has 0 bridgehead atoms. The maximum Gasteiger partial charge on any atom is 0.319 e. The Balaban J connectivity index is 1.15. The van der Waals surface area contributed by atoms with Crippen LogP contribution in [0.5, 0.6) is 11.5 Å². The molecule has 2 aliphatic rings. The second-order valence-corrected chi connectivity index (χ2v) is 10.3. The van der Waals surface area contributed by atoms with Crippen LogP contribution in [0.4, 0.5) is 14.9 Å². The Labute approximate surface area is 217 Å². The molecule has 2 amide bonds. The van der Waals surface area contributed by atoms with Gasteiger partial charge in [0, 0.05) is 66.3 Å². The molecule has 9 nitrogen and oxygen atoms in total. The van der Waals surface area contributed by atoms with Crippen molar-refractivity contribution in [2.45, 2.75) is 25.4 Å². The molecule has 6 rings (SSSR count). The standard InChI is InChI=1S/C26H27FN6O3S/c27-20-13-19(31-26(34)30-18-1-2-18)3-4-22(20)36-23-5-6-28-21-14-24(37-25(21)23)17-15-29-33(16-17)8-7-32-9-11-35-12-10-32/h3-6,13-16,18H,1-2,7-12H2,(H2,30,31,34). The largest absolute Gasteiger partial charge is 0.453 e. The van der Waals surface area contributed by atoms with E-state index < -0.39 is 5.82 Å². The fourth-order valence-corrected chi connectivity index (χ4v) is 5.22. The van der Waals surface area contributed by atoms with E-state index in [1.54, 1.807) is 18.3 Å². The summed E-state index contributed by atoms with van der Waals surface area (Å²) in [5.74, 6) is 0.0334. The predicted octanol–water partition coefficient (Wildman–Crippen LogP) is 4.71. The summed E-state index contributed by atoms with van der Waals surface area (Å²) in [6, 6.07) is 8.01. The number of morpholine rings is 1. The molecule has 1 aliphatic heterocycles. The molecular formula is C26H27FN6O3S. The number of carbonyl (C=O) groups is 1. The third kappa shape index (κ3) is 5.74. The van der Waals surface area contributed by atoms with E-state index in [1.165, 1.54) is 23.5 Å². The summed E-state index contributed by atoms with van der Waals surface area (Å²) < 4.78 is 28.9.